The van der Waals surface area contributed by atoms with Gasteiger partial charge in [0.1, 0.15) is 0 Å². The molecular weight excluding hydrogens is 172 g/mol. The summed E-state index contributed by atoms with van der Waals surface area (Å²) in [5.41, 5.74) is 6.26. The highest BCUT2D eigenvalue weighted by atomic mass is 15.2. The van der Waals surface area contributed by atoms with E-state index in [9.17, 15) is 0 Å². The lowest BCUT2D eigenvalue weighted by molar-refractivity contribution is 0.122. The molecule has 2 rings (SSSR count). The Labute approximate surface area is 87.8 Å². The van der Waals surface area contributed by atoms with Crippen LogP contribution in [0.15, 0.2) is 0 Å². The van der Waals surface area contributed by atoms with Crippen molar-refractivity contribution in [1.29, 1.82) is 0 Å². The number of likely N-dealkylation sites (tertiary alicyclic amines) is 1. The van der Waals surface area contributed by atoms with Gasteiger partial charge in [-0.25, -0.2) is 0 Å². The van der Waals surface area contributed by atoms with Crippen LogP contribution in [0.25, 0.3) is 0 Å². The maximum absolute atomic E-state index is 5.97. The summed E-state index contributed by atoms with van der Waals surface area (Å²) in [4.78, 5) is 2.63. The third kappa shape index (κ3) is 2.12. The van der Waals surface area contributed by atoms with E-state index in [-0.39, 0.29) is 0 Å². The number of hydrogen-bond donors (Lipinski definition) is 1. The van der Waals surface area contributed by atoms with Gasteiger partial charge in [-0.05, 0) is 38.1 Å². The standard InChI is InChI=1S/C12H24N2/c1-10-5-6-14(8-10)12(2,9-13)7-11-3-4-11/h10-11H,3-9,13H2,1-2H3. The van der Waals surface area contributed by atoms with E-state index < -0.39 is 0 Å². The van der Waals surface area contributed by atoms with E-state index >= 15 is 0 Å². The first kappa shape index (κ1) is 10.4. The van der Waals surface area contributed by atoms with Crippen molar-refractivity contribution in [1.82, 2.24) is 4.90 Å². The Morgan fingerprint density at radius 2 is 2.07 bits per heavy atom. The lowest BCUT2D eigenvalue weighted by atomic mass is 9.93. The van der Waals surface area contributed by atoms with Crippen molar-refractivity contribution in [2.75, 3.05) is 19.6 Å². The van der Waals surface area contributed by atoms with Gasteiger partial charge in [0, 0.05) is 18.6 Å². The minimum Gasteiger partial charge on any atom is -0.329 e. The first-order valence-corrected chi connectivity index (χ1v) is 6.09. The molecule has 2 atom stereocenters. The lowest BCUT2D eigenvalue weighted by Gasteiger charge is -2.38. The molecule has 1 saturated carbocycles. The Bertz CT molecular complexity index is 200. The molecule has 1 heterocycles. The van der Waals surface area contributed by atoms with E-state index in [1.165, 1.54) is 38.8 Å². The molecule has 2 unspecified atom stereocenters. The van der Waals surface area contributed by atoms with Gasteiger partial charge in [0.2, 0.25) is 0 Å². The molecule has 0 bridgehead atoms. The molecule has 1 aliphatic carbocycles. The summed E-state index contributed by atoms with van der Waals surface area (Å²) in [6.07, 6.45) is 5.58. The summed E-state index contributed by atoms with van der Waals surface area (Å²) in [5, 5.41) is 0. The maximum atomic E-state index is 5.97. The molecule has 2 N–H and O–H groups in total. The van der Waals surface area contributed by atoms with Crippen molar-refractivity contribution in [3.8, 4) is 0 Å². The van der Waals surface area contributed by atoms with E-state index in [1.54, 1.807) is 0 Å². The molecule has 0 aromatic carbocycles. The first-order valence-electron chi connectivity index (χ1n) is 6.09. The van der Waals surface area contributed by atoms with Gasteiger partial charge in [-0.1, -0.05) is 19.8 Å². The van der Waals surface area contributed by atoms with Crippen molar-refractivity contribution in [2.45, 2.75) is 45.1 Å². The first-order chi connectivity index (χ1) is 6.64. The second-order valence-corrected chi connectivity index (χ2v) is 5.69. The summed E-state index contributed by atoms with van der Waals surface area (Å²) in [5.74, 6) is 1.86. The van der Waals surface area contributed by atoms with Gasteiger partial charge in [-0.15, -0.1) is 0 Å². The van der Waals surface area contributed by atoms with Crippen LogP contribution in [-0.2, 0) is 0 Å². The molecule has 1 aliphatic heterocycles. The normalized spacial score (nSPS) is 33.2. The Kier molecular flexibility index (Phi) is 2.85. The molecule has 2 aliphatic rings. The molecule has 2 nitrogen and oxygen atoms in total. The smallest absolute Gasteiger partial charge is 0.0306 e. The maximum Gasteiger partial charge on any atom is 0.0306 e. The van der Waals surface area contributed by atoms with E-state index in [2.05, 4.69) is 18.7 Å². The summed E-state index contributed by atoms with van der Waals surface area (Å²) >= 11 is 0. The molecule has 0 aromatic heterocycles. The van der Waals surface area contributed by atoms with Crippen molar-refractivity contribution >= 4 is 0 Å². The fraction of sp³-hybridized carbons (Fsp3) is 1.00. The van der Waals surface area contributed by atoms with Crippen LogP contribution in [0.5, 0.6) is 0 Å². The van der Waals surface area contributed by atoms with Gasteiger partial charge in [0.25, 0.3) is 0 Å². The molecule has 0 radical (unpaired) electrons. The van der Waals surface area contributed by atoms with Gasteiger partial charge in [0.15, 0.2) is 0 Å². The predicted octanol–water partition coefficient (Wildman–Crippen LogP) is 1.85. The Hall–Kier alpha value is -0.0800. The van der Waals surface area contributed by atoms with Crippen molar-refractivity contribution in [2.24, 2.45) is 17.6 Å². The van der Waals surface area contributed by atoms with Crippen LogP contribution in [0, 0.1) is 11.8 Å². The zero-order valence-corrected chi connectivity index (χ0v) is 9.63. The molecule has 0 aromatic rings. The van der Waals surface area contributed by atoms with Gasteiger partial charge in [-0.2, -0.15) is 0 Å². The van der Waals surface area contributed by atoms with E-state index in [4.69, 9.17) is 5.73 Å². The quantitative estimate of drug-likeness (QED) is 0.743. The molecule has 0 amide bonds. The van der Waals surface area contributed by atoms with Crippen molar-refractivity contribution < 1.29 is 0 Å². The molecule has 14 heavy (non-hydrogen) atoms. The molecular formula is C12H24N2. The largest absolute Gasteiger partial charge is 0.329 e. The number of nitrogens with two attached hydrogens (primary N) is 1. The number of hydrogen-bond acceptors (Lipinski definition) is 2. The van der Waals surface area contributed by atoms with Crippen LogP contribution >= 0.6 is 0 Å². The van der Waals surface area contributed by atoms with Gasteiger partial charge < -0.3 is 5.73 Å². The van der Waals surface area contributed by atoms with Crippen LogP contribution in [0.1, 0.15) is 39.5 Å². The van der Waals surface area contributed by atoms with E-state index in [0.29, 0.717) is 5.54 Å². The number of rotatable bonds is 4. The highest BCUT2D eigenvalue weighted by molar-refractivity contribution is 4.95. The van der Waals surface area contributed by atoms with Crippen molar-refractivity contribution in [3.63, 3.8) is 0 Å². The van der Waals surface area contributed by atoms with Crippen LogP contribution in [-0.4, -0.2) is 30.1 Å². The summed E-state index contributed by atoms with van der Waals surface area (Å²) in [6.45, 7) is 8.08. The Balaban J connectivity index is 1.95. The monoisotopic (exact) mass is 196 g/mol. The van der Waals surface area contributed by atoms with Gasteiger partial charge in [0.05, 0.1) is 0 Å². The van der Waals surface area contributed by atoms with E-state index in [1.807, 2.05) is 0 Å². The molecule has 2 fully saturated rings. The third-order valence-corrected chi connectivity index (χ3v) is 4.05. The predicted molar refractivity (Wildman–Crippen MR) is 60.2 cm³/mol. The molecule has 0 spiro atoms. The van der Waals surface area contributed by atoms with Crippen LogP contribution < -0.4 is 5.73 Å². The van der Waals surface area contributed by atoms with Gasteiger partial charge in [-0.3, -0.25) is 4.90 Å². The SMILES string of the molecule is CC1CCN(C(C)(CN)CC2CC2)C1. The summed E-state index contributed by atoms with van der Waals surface area (Å²) in [6, 6.07) is 0. The molecule has 82 valence electrons. The van der Waals surface area contributed by atoms with Crippen LogP contribution in [0.3, 0.4) is 0 Å². The third-order valence-electron chi connectivity index (χ3n) is 4.05. The van der Waals surface area contributed by atoms with Crippen LogP contribution in [0.2, 0.25) is 0 Å². The molecule has 1 saturated heterocycles. The average Bonchev–Trinajstić information content (AvgIpc) is 2.85. The highest BCUT2D eigenvalue weighted by Crippen LogP contribution is 2.39. The van der Waals surface area contributed by atoms with E-state index in [0.717, 1.165) is 18.4 Å². The zero-order valence-electron chi connectivity index (χ0n) is 9.63. The Morgan fingerprint density at radius 1 is 1.36 bits per heavy atom. The molecule has 2 heteroatoms. The fourth-order valence-electron chi connectivity index (χ4n) is 2.71. The van der Waals surface area contributed by atoms with Crippen molar-refractivity contribution in [3.05, 3.63) is 0 Å². The minimum atomic E-state index is 0.298. The summed E-state index contributed by atoms with van der Waals surface area (Å²) < 4.78 is 0. The number of nitrogens with zero attached hydrogens (tertiary/aromatic N) is 1. The lowest BCUT2D eigenvalue weighted by Crippen LogP contribution is -2.50. The fourth-order valence-corrected chi connectivity index (χ4v) is 2.71. The zero-order chi connectivity index (χ0) is 10.2. The second-order valence-electron chi connectivity index (χ2n) is 5.69. The van der Waals surface area contributed by atoms with Gasteiger partial charge >= 0.3 is 0 Å². The highest BCUT2D eigenvalue weighted by Gasteiger charge is 2.39. The topological polar surface area (TPSA) is 29.3 Å². The average molecular weight is 196 g/mol. The second kappa shape index (κ2) is 3.82. The van der Waals surface area contributed by atoms with Crippen LogP contribution in [0.4, 0.5) is 0 Å². The minimum absolute atomic E-state index is 0.298. The Morgan fingerprint density at radius 3 is 2.50 bits per heavy atom. The summed E-state index contributed by atoms with van der Waals surface area (Å²) in [7, 11) is 0.